The summed E-state index contributed by atoms with van der Waals surface area (Å²) in [6.07, 6.45) is 0. The normalized spacial score (nSPS) is 10.7. The van der Waals surface area contributed by atoms with Crippen LogP contribution in [-0.2, 0) is 0 Å². The van der Waals surface area contributed by atoms with Crippen LogP contribution in [0.1, 0.15) is 33.4 Å². The predicted molar refractivity (Wildman–Crippen MR) is 126 cm³/mol. The number of ether oxygens (including phenoxy) is 2. The Hall–Kier alpha value is -3.58. The van der Waals surface area contributed by atoms with Gasteiger partial charge in [-0.05, 0) is 65.3 Å². The fraction of sp³-hybridized carbons (Fsp3) is 0.120. The largest absolute Gasteiger partial charge is 0.496 e. The number of benzene rings is 3. The molecule has 162 valence electrons. The first-order valence-corrected chi connectivity index (χ1v) is 10.8. The quantitative estimate of drug-likeness (QED) is 0.315. The molecule has 0 fully saturated rings. The van der Waals surface area contributed by atoms with Crippen molar-refractivity contribution in [3.8, 4) is 11.5 Å². The zero-order valence-electron chi connectivity index (χ0n) is 17.5. The minimum Gasteiger partial charge on any atom is -0.496 e. The fourth-order valence-corrected chi connectivity index (χ4v) is 3.93. The Balaban J connectivity index is 1.77. The van der Waals surface area contributed by atoms with E-state index in [1.165, 1.54) is 0 Å². The highest BCUT2D eigenvalue weighted by Crippen LogP contribution is 2.34. The van der Waals surface area contributed by atoms with Crippen molar-refractivity contribution in [3.05, 3.63) is 88.1 Å². The van der Waals surface area contributed by atoms with Crippen molar-refractivity contribution >= 4 is 44.3 Å². The number of carbonyl (C=O) groups excluding carboxylic acids is 2. The number of furan rings is 1. The maximum Gasteiger partial charge on any atom is 0.259 e. The Bertz CT molecular complexity index is 1310. The number of halogens is 1. The van der Waals surface area contributed by atoms with Crippen LogP contribution in [0.3, 0.4) is 0 Å². The van der Waals surface area contributed by atoms with Crippen molar-refractivity contribution in [2.75, 3.05) is 19.0 Å². The standard InChI is InChI=1S/C25H20BrNO5/c1-3-31-19-10-6-5-9-17(19)25(29)27-22-16-8-4-7-11-20(16)32-24(22)23(28)15-12-13-21(30-2)18(26)14-15/h4-14H,3H2,1-2H3,(H,27,29). The molecular formula is C25H20BrNO5. The maximum atomic E-state index is 13.3. The van der Waals surface area contributed by atoms with Crippen LogP contribution in [0, 0.1) is 0 Å². The van der Waals surface area contributed by atoms with E-state index in [1.54, 1.807) is 67.8 Å². The van der Waals surface area contributed by atoms with Gasteiger partial charge in [-0.2, -0.15) is 0 Å². The van der Waals surface area contributed by atoms with Gasteiger partial charge in [0.25, 0.3) is 5.91 Å². The third-order valence-electron chi connectivity index (χ3n) is 4.89. The number of carbonyl (C=O) groups is 2. The topological polar surface area (TPSA) is 77.8 Å². The summed E-state index contributed by atoms with van der Waals surface area (Å²) < 4.78 is 17.3. The van der Waals surface area contributed by atoms with Gasteiger partial charge in [-0.25, -0.2) is 0 Å². The summed E-state index contributed by atoms with van der Waals surface area (Å²) in [4.78, 5) is 26.5. The molecule has 0 aliphatic rings. The SMILES string of the molecule is CCOc1ccccc1C(=O)Nc1c(C(=O)c2ccc(OC)c(Br)c2)oc2ccccc12. The molecule has 32 heavy (non-hydrogen) atoms. The van der Waals surface area contributed by atoms with Crippen LogP contribution in [0.25, 0.3) is 11.0 Å². The lowest BCUT2D eigenvalue weighted by molar-refractivity contribution is 0.101. The molecule has 1 N–H and O–H groups in total. The van der Waals surface area contributed by atoms with Gasteiger partial charge >= 0.3 is 0 Å². The molecule has 7 heteroatoms. The molecule has 0 saturated heterocycles. The highest BCUT2D eigenvalue weighted by molar-refractivity contribution is 9.10. The molecule has 0 radical (unpaired) electrons. The molecule has 0 aliphatic carbocycles. The van der Waals surface area contributed by atoms with E-state index in [0.717, 1.165) is 0 Å². The smallest absolute Gasteiger partial charge is 0.259 e. The zero-order valence-corrected chi connectivity index (χ0v) is 19.1. The highest BCUT2D eigenvalue weighted by Gasteiger charge is 2.25. The highest BCUT2D eigenvalue weighted by atomic mass is 79.9. The second kappa shape index (κ2) is 9.28. The van der Waals surface area contributed by atoms with Crippen LogP contribution in [0.5, 0.6) is 11.5 Å². The number of hydrogen-bond donors (Lipinski definition) is 1. The van der Waals surface area contributed by atoms with Crippen LogP contribution >= 0.6 is 15.9 Å². The van der Waals surface area contributed by atoms with Gasteiger partial charge in [0.2, 0.25) is 5.78 Å². The van der Waals surface area contributed by atoms with Crippen LogP contribution in [0.15, 0.2) is 75.6 Å². The van der Waals surface area contributed by atoms with E-state index < -0.39 is 5.91 Å². The van der Waals surface area contributed by atoms with Gasteiger partial charge in [0.15, 0.2) is 5.76 Å². The Morgan fingerprint density at radius 2 is 1.75 bits per heavy atom. The number of fused-ring (bicyclic) bond motifs is 1. The summed E-state index contributed by atoms with van der Waals surface area (Å²) in [5.74, 6) is 0.355. The minimum atomic E-state index is -0.398. The van der Waals surface area contributed by atoms with Gasteiger partial charge in [0.1, 0.15) is 17.1 Å². The van der Waals surface area contributed by atoms with Gasteiger partial charge < -0.3 is 19.2 Å². The summed E-state index contributed by atoms with van der Waals surface area (Å²) in [7, 11) is 1.55. The third kappa shape index (κ3) is 4.11. The first-order chi connectivity index (χ1) is 15.5. The zero-order chi connectivity index (χ0) is 22.7. The molecule has 0 bridgehead atoms. The Morgan fingerprint density at radius 1 is 1.00 bits per heavy atom. The van der Waals surface area contributed by atoms with Crippen molar-refractivity contribution in [1.82, 2.24) is 0 Å². The van der Waals surface area contributed by atoms with E-state index >= 15 is 0 Å². The number of nitrogens with one attached hydrogen (secondary N) is 1. The van der Waals surface area contributed by atoms with Crippen LogP contribution < -0.4 is 14.8 Å². The van der Waals surface area contributed by atoms with Gasteiger partial charge in [0.05, 0.1) is 29.4 Å². The van der Waals surface area contributed by atoms with E-state index in [2.05, 4.69) is 21.2 Å². The number of amides is 1. The monoisotopic (exact) mass is 493 g/mol. The number of ketones is 1. The van der Waals surface area contributed by atoms with Gasteiger partial charge in [-0.1, -0.05) is 24.3 Å². The Morgan fingerprint density at radius 3 is 2.50 bits per heavy atom. The molecule has 4 aromatic rings. The van der Waals surface area contributed by atoms with E-state index in [0.29, 0.717) is 50.4 Å². The lowest BCUT2D eigenvalue weighted by Crippen LogP contribution is -2.15. The predicted octanol–water partition coefficient (Wildman–Crippen LogP) is 6.09. The van der Waals surface area contributed by atoms with Crippen molar-refractivity contribution < 1.29 is 23.5 Å². The number of anilines is 1. The van der Waals surface area contributed by atoms with Gasteiger partial charge in [0, 0.05) is 10.9 Å². The molecule has 0 unspecified atom stereocenters. The van der Waals surface area contributed by atoms with Crippen molar-refractivity contribution in [2.24, 2.45) is 0 Å². The lowest BCUT2D eigenvalue weighted by Gasteiger charge is -2.11. The molecule has 6 nitrogen and oxygen atoms in total. The molecule has 1 aromatic heterocycles. The second-order valence-electron chi connectivity index (χ2n) is 6.86. The molecule has 0 saturated carbocycles. The summed E-state index contributed by atoms with van der Waals surface area (Å²) in [6, 6.07) is 19.1. The molecule has 0 spiro atoms. The van der Waals surface area contributed by atoms with Crippen molar-refractivity contribution in [3.63, 3.8) is 0 Å². The van der Waals surface area contributed by atoms with Crippen LogP contribution in [0.4, 0.5) is 5.69 Å². The Kier molecular flexibility index (Phi) is 6.28. The average Bonchev–Trinajstić information content (AvgIpc) is 3.17. The second-order valence-corrected chi connectivity index (χ2v) is 7.72. The number of rotatable bonds is 7. The van der Waals surface area contributed by atoms with Crippen LogP contribution in [0.2, 0.25) is 0 Å². The van der Waals surface area contributed by atoms with E-state index in [9.17, 15) is 9.59 Å². The van der Waals surface area contributed by atoms with E-state index in [4.69, 9.17) is 13.9 Å². The minimum absolute atomic E-state index is 0.0468. The number of hydrogen-bond acceptors (Lipinski definition) is 5. The average molecular weight is 494 g/mol. The summed E-state index contributed by atoms with van der Waals surface area (Å²) in [6.45, 7) is 2.27. The van der Waals surface area contributed by atoms with Crippen LogP contribution in [-0.4, -0.2) is 25.4 Å². The van der Waals surface area contributed by atoms with Gasteiger partial charge in [-0.3, -0.25) is 9.59 Å². The molecule has 0 aliphatic heterocycles. The van der Waals surface area contributed by atoms with E-state index in [1.807, 2.05) is 13.0 Å². The third-order valence-corrected chi connectivity index (χ3v) is 5.51. The molecule has 4 rings (SSSR count). The first kappa shape index (κ1) is 21.6. The molecular weight excluding hydrogens is 474 g/mol. The molecule has 0 atom stereocenters. The fourth-order valence-electron chi connectivity index (χ4n) is 3.38. The summed E-state index contributed by atoms with van der Waals surface area (Å²) in [5, 5.41) is 3.50. The van der Waals surface area contributed by atoms with Crippen molar-refractivity contribution in [2.45, 2.75) is 6.92 Å². The van der Waals surface area contributed by atoms with Crippen molar-refractivity contribution in [1.29, 1.82) is 0 Å². The molecule has 3 aromatic carbocycles. The summed E-state index contributed by atoms with van der Waals surface area (Å²) in [5.41, 5.74) is 1.57. The lowest BCUT2D eigenvalue weighted by atomic mass is 10.1. The van der Waals surface area contributed by atoms with E-state index in [-0.39, 0.29) is 11.5 Å². The molecule has 1 amide bonds. The first-order valence-electron chi connectivity index (χ1n) is 9.96. The summed E-state index contributed by atoms with van der Waals surface area (Å²) >= 11 is 3.40. The number of para-hydroxylation sites is 2. The molecule has 1 heterocycles. The maximum absolute atomic E-state index is 13.3. The van der Waals surface area contributed by atoms with Gasteiger partial charge in [-0.15, -0.1) is 0 Å². The number of methoxy groups -OCH3 is 1. The Labute approximate surface area is 193 Å².